The molecule has 3 aromatic rings. The number of benzene rings is 2. The molecule has 0 saturated carbocycles. The van der Waals surface area contributed by atoms with Crippen molar-refractivity contribution >= 4 is 38.2 Å². The van der Waals surface area contributed by atoms with Gasteiger partial charge in [0, 0.05) is 41.6 Å². The monoisotopic (exact) mass is 434 g/mol. The fourth-order valence-corrected chi connectivity index (χ4v) is 6.14. The Morgan fingerprint density at radius 1 is 1.17 bits per heavy atom. The van der Waals surface area contributed by atoms with Gasteiger partial charge in [0.2, 0.25) is 9.84 Å². The zero-order chi connectivity index (χ0) is 21.0. The maximum absolute atomic E-state index is 16.5. The first-order valence-electron chi connectivity index (χ1n) is 9.15. The normalized spacial score (nSPS) is 18.4. The van der Waals surface area contributed by atoms with Crippen molar-refractivity contribution in [1.29, 1.82) is 0 Å². The largest absolute Gasteiger partial charge is 0.358 e. The van der Waals surface area contributed by atoms with Gasteiger partial charge in [-0.25, -0.2) is 12.8 Å². The molecule has 5 nitrogen and oxygen atoms in total. The summed E-state index contributed by atoms with van der Waals surface area (Å²) in [5, 5.41) is -1.72. The van der Waals surface area contributed by atoms with Crippen LogP contribution < -0.4 is 0 Å². The molecule has 0 bridgehead atoms. The van der Waals surface area contributed by atoms with Crippen LogP contribution in [0.4, 0.5) is 4.39 Å². The quantitative estimate of drug-likeness (QED) is 0.679. The van der Waals surface area contributed by atoms with E-state index in [1.165, 1.54) is 38.4 Å². The van der Waals surface area contributed by atoms with E-state index in [-0.39, 0.29) is 17.7 Å². The number of alkyl halides is 1. The number of aromatic nitrogens is 1. The Morgan fingerprint density at radius 2 is 1.86 bits per heavy atom. The molecule has 2 atom stereocenters. The first-order valence-corrected chi connectivity index (χ1v) is 11.0. The van der Waals surface area contributed by atoms with Crippen LogP contribution in [0.1, 0.15) is 11.3 Å². The fraction of sp³-hybridized carbons (Fsp3) is 0.286. The van der Waals surface area contributed by atoms with E-state index in [2.05, 4.69) is 4.98 Å². The number of H-pyrrole nitrogens is 1. The number of hydrogen-bond donors (Lipinski definition) is 1. The molecule has 1 aliphatic rings. The molecule has 4 rings (SSSR count). The third-order valence-electron chi connectivity index (χ3n) is 5.53. The van der Waals surface area contributed by atoms with Crippen molar-refractivity contribution in [3.05, 3.63) is 64.8 Å². The van der Waals surface area contributed by atoms with E-state index in [0.717, 1.165) is 27.1 Å². The minimum absolute atomic E-state index is 0.115. The average molecular weight is 435 g/mol. The first-order chi connectivity index (χ1) is 13.7. The predicted molar refractivity (Wildman–Crippen MR) is 110 cm³/mol. The number of nitrogens with zero attached hydrogens (tertiary/aromatic N) is 1. The van der Waals surface area contributed by atoms with Crippen molar-refractivity contribution in [2.45, 2.75) is 22.7 Å². The lowest BCUT2D eigenvalue weighted by atomic mass is 9.97. The lowest BCUT2D eigenvalue weighted by Crippen LogP contribution is -2.54. The van der Waals surface area contributed by atoms with E-state index >= 15 is 4.39 Å². The molecule has 0 spiro atoms. The van der Waals surface area contributed by atoms with E-state index in [1.54, 1.807) is 18.2 Å². The molecule has 8 heteroatoms. The van der Waals surface area contributed by atoms with Crippen LogP contribution >= 0.6 is 11.6 Å². The summed E-state index contributed by atoms with van der Waals surface area (Å²) in [5.74, 6) is -2.12. The topological polar surface area (TPSA) is 70.2 Å². The summed E-state index contributed by atoms with van der Waals surface area (Å²) in [7, 11) is -1.86. The summed E-state index contributed by atoms with van der Waals surface area (Å²) in [4.78, 5) is 16.9. The standard InChI is InChI=1S/C21H20ClFN2O3S/c1-25(2)20(26)21(23,29(27,28)15-6-4-3-5-7-15)13-10-16-17-12-14(22)8-9-18(17)24-19(16)11-13/h3-9,12-13,24H,10-11H2,1-2H3. The molecular formula is C21H20ClFN2O3S. The number of amides is 1. The van der Waals surface area contributed by atoms with Gasteiger partial charge in [-0.3, -0.25) is 4.79 Å². The van der Waals surface area contributed by atoms with Gasteiger partial charge in [-0.1, -0.05) is 29.8 Å². The van der Waals surface area contributed by atoms with Crippen LogP contribution in [0, 0.1) is 5.92 Å². The maximum atomic E-state index is 16.5. The van der Waals surface area contributed by atoms with Crippen molar-refractivity contribution in [2.24, 2.45) is 5.92 Å². The highest BCUT2D eigenvalue weighted by atomic mass is 35.5. The van der Waals surface area contributed by atoms with Crippen molar-refractivity contribution < 1.29 is 17.6 Å². The Labute approximate surface area is 173 Å². The van der Waals surface area contributed by atoms with E-state index < -0.39 is 26.7 Å². The third kappa shape index (κ3) is 2.95. The Kier molecular flexibility index (Phi) is 4.70. The van der Waals surface area contributed by atoms with Gasteiger partial charge in [0.1, 0.15) is 0 Å². The van der Waals surface area contributed by atoms with Crippen LogP contribution in [0.5, 0.6) is 0 Å². The third-order valence-corrected chi connectivity index (χ3v) is 7.94. The molecule has 0 fully saturated rings. The van der Waals surface area contributed by atoms with Gasteiger partial charge in [0.05, 0.1) is 4.90 Å². The number of carbonyl (C=O) groups excluding carboxylic acids is 1. The van der Waals surface area contributed by atoms with Gasteiger partial charge in [-0.15, -0.1) is 0 Å². The molecule has 152 valence electrons. The van der Waals surface area contributed by atoms with Gasteiger partial charge in [-0.2, -0.15) is 0 Å². The molecule has 29 heavy (non-hydrogen) atoms. The number of fused-ring (bicyclic) bond motifs is 3. The molecule has 2 aromatic carbocycles. The summed E-state index contributed by atoms with van der Waals surface area (Å²) in [6, 6.07) is 12.7. The predicted octanol–water partition coefficient (Wildman–Crippen LogP) is 3.76. The average Bonchev–Trinajstić information content (AvgIpc) is 3.25. The van der Waals surface area contributed by atoms with Crippen LogP contribution in [0.25, 0.3) is 10.9 Å². The summed E-state index contributed by atoms with van der Waals surface area (Å²) in [6.07, 6.45) is 0.238. The number of nitrogens with one attached hydrogen (secondary N) is 1. The zero-order valence-corrected chi connectivity index (χ0v) is 17.5. The highest BCUT2D eigenvalue weighted by Gasteiger charge is 2.60. The Hall–Kier alpha value is -2.38. The number of aromatic amines is 1. The second-order valence-corrected chi connectivity index (χ2v) is 10.0. The molecule has 0 radical (unpaired) electrons. The van der Waals surface area contributed by atoms with Gasteiger partial charge < -0.3 is 9.88 Å². The lowest BCUT2D eigenvalue weighted by Gasteiger charge is -2.32. The maximum Gasteiger partial charge on any atom is 0.295 e. The zero-order valence-electron chi connectivity index (χ0n) is 15.9. The minimum Gasteiger partial charge on any atom is -0.358 e. The molecule has 1 N–H and O–H groups in total. The van der Waals surface area contributed by atoms with Gasteiger partial charge >= 0.3 is 0 Å². The molecule has 0 saturated heterocycles. The van der Waals surface area contributed by atoms with Crippen LogP contribution in [-0.2, 0) is 27.5 Å². The van der Waals surface area contributed by atoms with Crippen molar-refractivity contribution in [3.63, 3.8) is 0 Å². The van der Waals surface area contributed by atoms with Crippen LogP contribution in [0.3, 0.4) is 0 Å². The second-order valence-electron chi connectivity index (χ2n) is 7.54. The summed E-state index contributed by atoms with van der Waals surface area (Å²) >= 11 is 6.10. The van der Waals surface area contributed by atoms with E-state index in [9.17, 15) is 13.2 Å². The molecule has 0 aliphatic heterocycles. The van der Waals surface area contributed by atoms with E-state index in [4.69, 9.17) is 11.6 Å². The van der Waals surface area contributed by atoms with Crippen molar-refractivity contribution in [2.75, 3.05) is 14.1 Å². The van der Waals surface area contributed by atoms with E-state index in [1.807, 2.05) is 6.07 Å². The molecule has 1 heterocycles. The summed E-state index contributed by atoms with van der Waals surface area (Å²) in [5.41, 5.74) is 2.40. The van der Waals surface area contributed by atoms with Crippen molar-refractivity contribution in [3.8, 4) is 0 Å². The fourth-order valence-electron chi connectivity index (χ4n) is 4.10. The number of hydrogen-bond acceptors (Lipinski definition) is 3. The van der Waals surface area contributed by atoms with Crippen molar-refractivity contribution in [1.82, 2.24) is 9.88 Å². The molecule has 2 unspecified atom stereocenters. The molecule has 1 aliphatic carbocycles. The smallest absolute Gasteiger partial charge is 0.295 e. The summed E-state index contributed by atoms with van der Waals surface area (Å²) in [6.45, 7) is 0. The van der Waals surface area contributed by atoms with Gasteiger partial charge in [0.25, 0.3) is 10.9 Å². The molecular weight excluding hydrogens is 415 g/mol. The first kappa shape index (κ1) is 19.9. The highest BCUT2D eigenvalue weighted by molar-refractivity contribution is 7.93. The van der Waals surface area contributed by atoms with Gasteiger partial charge in [-0.05, 0) is 48.7 Å². The Balaban J connectivity index is 1.83. The number of carbonyl (C=O) groups is 1. The SMILES string of the molecule is CN(C)C(=O)C(F)(C1Cc2[nH]c3ccc(Cl)cc3c2C1)S(=O)(=O)c1ccccc1. The van der Waals surface area contributed by atoms with Crippen LogP contribution in [0.15, 0.2) is 53.4 Å². The minimum atomic E-state index is -4.58. The Bertz CT molecular complexity index is 1210. The number of halogens is 2. The second kappa shape index (κ2) is 6.85. The van der Waals surface area contributed by atoms with Crippen LogP contribution in [-0.4, -0.2) is 43.3 Å². The van der Waals surface area contributed by atoms with Gasteiger partial charge in [0.15, 0.2) is 0 Å². The molecule has 1 aromatic heterocycles. The number of rotatable bonds is 4. The summed E-state index contributed by atoms with van der Waals surface area (Å²) < 4.78 is 43.2. The Morgan fingerprint density at radius 3 is 2.52 bits per heavy atom. The van der Waals surface area contributed by atoms with Crippen LogP contribution in [0.2, 0.25) is 5.02 Å². The number of sulfone groups is 1. The highest BCUT2D eigenvalue weighted by Crippen LogP contribution is 2.45. The molecule has 1 amide bonds. The lowest BCUT2D eigenvalue weighted by molar-refractivity contribution is -0.138. The van der Waals surface area contributed by atoms with E-state index in [0.29, 0.717) is 5.02 Å².